The summed E-state index contributed by atoms with van der Waals surface area (Å²) in [6.07, 6.45) is -2.19. The van der Waals surface area contributed by atoms with Gasteiger partial charge in [0.2, 0.25) is 0 Å². The van der Waals surface area contributed by atoms with Gasteiger partial charge in [0.1, 0.15) is 5.78 Å². The minimum absolute atomic E-state index is 0.621. The van der Waals surface area contributed by atoms with Gasteiger partial charge < -0.3 is 5.11 Å². The Morgan fingerprint density at radius 1 is 1.27 bits per heavy atom. The van der Waals surface area contributed by atoms with Crippen LogP contribution in [-0.2, 0) is 9.59 Å². The maximum atomic E-state index is 12.6. The van der Waals surface area contributed by atoms with Crippen LogP contribution < -0.4 is 0 Å². The van der Waals surface area contributed by atoms with Crippen molar-refractivity contribution in [2.45, 2.75) is 6.18 Å². The Bertz CT molecular complexity index is 358. The van der Waals surface area contributed by atoms with Crippen LogP contribution in [0.2, 0.25) is 0 Å². The molecule has 3 nitrogen and oxygen atoms in total. The largest absolute Gasteiger partial charge is 0.481 e. The van der Waals surface area contributed by atoms with Gasteiger partial charge in [0.15, 0.2) is 0 Å². The van der Waals surface area contributed by atoms with Gasteiger partial charge in [-0.25, -0.2) is 0 Å². The van der Waals surface area contributed by atoms with Gasteiger partial charge in [-0.3, -0.25) is 9.59 Å². The molecule has 1 saturated carbocycles. The van der Waals surface area contributed by atoms with Crippen LogP contribution >= 0.6 is 0 Å². The lowest BCUT2D eigenvalue weighted by molar-refractivity contribution is -0.199. The Morgan fingerprint density at radius 2 is 1.80 bits per heavy atom. The van der Waals surface area contributed by atoms with Crippen LogP contribution in [0.1, 0.15) is 0 Å². The quantitative estimate of drug-likeness (QED) is 0.676. The number of hydrogen-bond donors (Lipinski definition) is 1. The highest BCUT2D eigenvalue weighted by Crippen LogP contribution is 2.52. The van der Waals surface area contributed by atoms with Gasteiger partial charge in [-0.1, -0.05) is 12.2 Å². The fourth-order valence-corrected chi connectivity index (χ4v) is 2.41. The third-order valence-corrected chi connectivity index (χ3v) is 3.01. The van der Waals surface area contributed by atoms with E-state index in [4.69, 9.17) is 5.11 Å². The number of carboxylic acid groups (broad SMARTS) is 1. The number of ketones is 1. The first-order valence-corrected chi connectivity index (χ1v) is 4.35. The number of hydrogen-bond acceptors (Lipinski definition) is 2. The summed E-state index contributed by atoms with van der Waals surface area (Å²) in [5.41, 5.74) is 0. The summed E-state index contributed by atoms with van der Waals surface area (Å²) in [6.45, 7) is 0. The van der Waals surface area contributed by atoms with Crippen molar-refractivity contribution in [3.63, 3.8) is 0 Å². The standard InChI is InChI=1S/C9H7F3O3/c10-9(11,12)6-4-2-1-3(7(4)13)5(6)8(14)15/h1-6H,(H,14,15). The normalized spacial score (nSPS) is 38.7. The zero-order valence-corrected chi connectivity index (χ0v) is 7.36. The fraction of sp³-hybridized carbons (Fsp3) is 0.556. The van der Waals surface area contributed by atoms with E-state index in [9.17, 15) is 22.8 Å². The highest BCUT2D eigenvalue weighted by molar-refractivity contribution is 5.97. The van der Waals surface area contributed by atoms with Crippen LogP contribution in [0.5, 0.6) is 0 Å². The summed E-state index contributed by atoms with van der Waals surface area (Å²) >= 11 is 0. The SMILES string of the molecule is O=C1C2C=CC1C(C(F)(F)F)C2C(=O)O. The van der Waals surface area contributed by atoms with E-state index in [0.717, 1.165) is 0 Å². The molecule has 0 aromatic carbocycles. The first-order valence-electron chi connectivity index (χ1n) is 4.35. The molecule has 0 heterocycles. The molecule has 15 heavy (non-hydrogen) atoms. The number of rotatable bonds is 1. The van der Waals surface area contributed by atoms with Crippen LogP contribution in [0.4, 0.5) is 13.2 Å². The summed E-state index contributed by atoms with van der Waals surface area (Å²) in [5.74, 6) is -8.27. The van der Waals surface area contributed by atoms with Gasteiger partial charge in [-0.05, 0) is 0 Å². The molecule has 82 valence electrons. The molecule has 0 aliphatic heterocycles. The summed E-state index contributed by atoms with van der Waals surface area (Å²) in [6, 6.07) is 0. The zero-order chi connectivity index (χ0) is 11.4. The van der Waals surface area contributed by atoms with Gasteiger partial charge in [-0.2, -0.15) is 13.2 Å². The second-order valence-electron chi connectivity index (χ2n) is 3.77. The molecule has 0 aromatic heterocycles. The van der Waals surface area contributed by atoms with E-state index in [1.54, 1.807) is 0 Å². The Hall–Kier alpha value is -1.33. The average molecular weight is 220 g/mol. The number of alkyl halides is 3. The van der Waals surface area contributed by atoms with E-state index in [1.165, 1.54) is 12.2 Å². The minimum Gasteiger partial charge on any atom is -0.481 e. The number of Topliss-reactive ketones (excluding diaryl/α,β-unsaturated/α-hetero) is 1. The number of carbonyl (C=O) groups is 2. The van der Waals surface area contributed by atoms with Crippen molar-refractivity contribution in [2.24, 2.45) is 23.7 Å². The number of halogens is 3. The van der Waals surface area contributed by atoms with Crippen molar-refractivity contribution in [1.29, 1.82) is 0 Å². The van der Waals surface area contributed by atoms with Crippen molar-refractivity contribution in [3.05, 3.63) is 12.2 Å². The molecule has 2 rings (SSSR count). The molecular weight excluding hydrogens is 213 g/mol. The molecule has 0 radical (unpaired) electrons. The number of aliphatic carboxylic acids is 1. The molecule has 1 N–H and O–H groups in total. The monoisotopic (exact) mass is 220 g/mol. The average Bonchev–Trinajstić information content (AvgIpc) is 2.57. The Labute approximate surface area is 82.6 Å². The molecule has 6 heteroatoms. The molecule has 4 unspecified atom stereocenters. The topological polar surface area (TPSA) is 54.4 Å². The lowest BCUT2D eigenvalue weighted by atomic mass is 9.82. The molecule has 2 bridgehead atoms. The lowest BCUT2D eigenvalue weighted by Crippen LogP contribution is -2.37. The van der Waals surface area contributed by atoms with Crippen molar-refractivity contribution in [1.82, 2.24) is 0 Å². The van der Waals surface area contributed by atoms with Crippen LogP contribution in [-0.4, -0.2) is 23.0 Å². The molecule has 0 aromatic rings. The van der Waals surface area contributed by atoms with E-state index in [0.29, 0.717) is 0 Å². The number of fused-ring (bicyclic) bond motifs is 2. The number of carbonyl (C=O) groups excluding carboxylic acids is 1. The summed E-state index contributed by atoms with van der Waals surface area (Å²) in [7, 11) is 0. The molecule has 4 atom stereocenters. The molecule has 2 aliphatic rings. The van der Waals surface area contributed by atoms with E-state index < -0.39 is 41.6 Å². The molecular formula is C9H7F3O3. The number of carboxylic acids is 1. The van der Waals surface area contributed by atoms with Gasteiger partial charge >= 0.3 is 12.1 Å². The number of allylic oxidation sites excluding steroid dienone is 2. The highest BCUT2D eigenvalue weighted by atomic mass is 19.4. The predicted octanol–water partition coefficient (Wildman–Crippen LogP) is 1.25. The summed E-state index contributed by atoms with van der Waals surface area (Å²) in [4.78, 5) is 22.0. The predicted molar refractivity (Wildman–Crippen MR) is 41.8 cm³/mol. The van der Waals surface area contributed by atoms with E-state index in [2.05, 4.69) is 0 Å². The molecule has 2 aliphatic carbocycles. The first kappa shape index (κ1) is 10.2. The lowest BCUT2D eigenvalue weighted by Gasteiger charge is -2.25. The molecule has 0 amide bonds. The van der Waals surface area contributed by atoms with Crippen molar-refractivity contribution in [3.8, 4) is 0 Å². The van der Waals surface area contributed by atoms with Crippen LogP contribution in [0, 0.1) is 23.7 Å². The molecule has 1 fully saturated rings. The van der Waals surface area contributed by atoms with Gasteiger partial charge in [0.05, 0.1) is 17.8 Å². The van der Waals surface area contributed by atoms with Crippen molar-refractivity contribution < 1.29 is 27.9 Å². The first-order chi connectivity index (χ1) is 6.84. The smallest absolute Gasteiger partial charge is 0.393 e. The van der Waals surface area contributed by atoms with Gasteiger partial charge in [-0.15, -0.1) is 0 Å². The van der Waals surface area contributed by atoms with Crippen molar-refractivity contribution in [2.75, 3.05) is 0 Å². The van der Waals surface area contributed by atoms with Crippen molar-refractivity contribution >= 4 is 11.8 Å². The summed E-state index contributed by atoms with van der Waals surface area (Å²) < 4.78 is 37.7. The molecule has 0 spiro atoms. The van der Waals surface area contributed by atoms with E-state index in [1.807, 2.05) is 0 Å². The Morgan fingerprint density at radius 3 is 2.20 bits per heavy atom. The highest BCUT2D eigenvalue weighted by Gasteiger charge is 2.63. The Balaban J connectivity index is 2.42. The third kappa shape index (κ3) is 1.27. The summed E-state index contributed by atoms with van der Waals surface area (Å²) in [5, 5.41) is 8.70. The van der Waals surface area contributed by atoms with Crippen LogP contribution in [0.3, 0.4) is 0 Å². The Kier molecular flexibility index (Phi) is 1.93. The fourth-order valence-electron chi connectivity index (χ4n) is 2.41. The zero-order valence-electron chi connectivity index (χ0n) is 7.36. The van der Waals surface area contributed by atoms with Crippen LogP contribution in [0.15, 0.2) is 12.2 Å². The van der Waals surface area contributed by atoms with E-state index >= 15 is 0 Å². The molecule has 0 saturated heterocycles. The van der Waals surface area contributed by atoms with E-state index in [-0.39, 0.29) is 0 Å². The second-order valence-corrected chi connectivity index (χ2v) is 3.77. The van der Waals surface area contributed by atoms with Crippen LogP contribution in [0.25, 0.3) is 0 Å². The third-order valence-electron chi connectivity index (χ3n) is 3.01. The maximum Gasteiger partial charge on any atom is 0.393 e. The van der Waals surface area contributed by atoms with Gasteiger partial charge in [0, 0.05) is 5.92 Å². The maximum absolute atomic E-state index is 12.6. The van der Waals surface area contributed by atoms with Gasteiger partial charge in [0.25, 0.3) is 0 Å². The minimum atomic E-state index is -4.64. The second kappa shape index (κ2) is 2.84.